The maximum absolute atomic E-state index is 12.6. The van der Waals surface area contributed by atoms with Gasteiger partial charge in [0.05, 0.1) is 32.0 Å². The molecule has 186 valence electrons. The molecular weight excluding hydrogens is 420 g/mol. The Kier molecular flexibility index (Phi) is 12.6. The molecule has 1 fully saturated rings. The first-order valence-corrected chi connectivity index (χ1v) is 12.7. The standard InChI is InChI=1S/C27H42O6/c1-5-16-29-23-20-24(30-17-6-2)27(32-19-8-4)26(31-18-7-3)22(23)14-15-25(28)33-21-12-10-9-11-13-21/h14-15,20-21H,5-13,16-19H2,1-4H3. The summed E-state index contributed by atoms with van der Waals surface area (Å²) in [5.74, 6) is 1.98. The third-order valence-electron chi connectivity index (χ3n) is 5.25. The zero-order valence-corrected chi connectivity index (χ0v) is 21.0. The van der Waals surface area contributed by atoms with Gasteiger partial charge in [0.15, 0.2) is 11.5 Å². The molecule has 0 amide bonds. The fraction of sp³-hybridized carbons (Fsp3) is 0.667. The molecule has 6 heteroatoms. The third-order valence-corrected chi connectivity index (χ3v) is 5.25. The molecule has 1 aromatic carbocycles. The first kappa shape index (κ1) is 26.9. The van der Waals surface area contributed by atoms with Crippen molar-refractivity contribution in [1.29, 1.82) is 0 Å². The number of hydrogen-bond acceptors (Lipinski definition) is 6. The smallest absolute Gasteiger partial charge is 0.331 e. The molecule has 6 nitrogen and oxygen atoms in total. The summed E-state index contributed by atoms with van der Waals surface area (Å²) in [6.45, 7) is 10.4. The monoisotopic (exact) mass is 462 g/mol. The first-order chi connectivity index (χ1) is 16.1. The van der Waals surface area contributed by atoms with E-state index in [1.165, 1.54) is 12.5 Å². The minimum atomic E-state index is -0.341. The summed E-state index contributed by atoms with van der Waals surface area (Å²) in [5, 5.41) is 0. The van der Waals surface area contributed by atoms with Crippen molar-refractivity contribution in [1.82, 2.24) is 0 Å². The maximum Gasteiger partial charge on any atom is 0.331 e. The summed E-state index contributed by atoms with van der Waals surface area (Å²) in [5.41, 5.74) is 0.674. The molecule has 0 aliphatic heterocycles. The van der Waals surface area contributed by atoms with E-state index in [1.807, 2.05) is 6.07 Å². The van der Waals surface area contributed by atoms with Gasteiger partial charge in [-0.15, -0.1) is 0 Å². The predicted octanol–water partition coefficient (Wildman–Crippen LogP) is 6.73. The van der Waals surface area contributed by atoms with Crippen LogP contribution in [0.4, 0.5) is 0 Å². The molecule has 2 rings (SSSR count). The highest BCUT2D eigenvalue weighted by atomic mass is 16.5. The zero-order chi connectivity index (χ0) is 23.9. The normalized spacial score (nSPS) is 14.3. The highest BCUT2D eigenvalue weighted by Crippen LogP contribution is 2.46. The van der Waals surface area contributed by atoms with Crippen LogP contribution in [0.3, 0.4) is 0 Å². The molecule has 0 N–H and O–H groups in total. The predicted molar refractivity (Wildman–Crippen MR) is 132 cm³/mol. The van der Waals surface area contributed by atoms with Gasteiger partial charge in [-0.3, -0.25) is 0 Å². The number of carbonyl (C=O) groups is 1. The number of benzene rings is 1. The van der Waals surface area contributed by atoms with Crippen molar-refractivity contribution in [3.05, 3.63) is 17.7 Å². The summed E-state index contributed by atoms with van der Waals surface area (Å²) in [6.07, 6.45) is 12.0. The molecule has 0 bridgehead atoms. The lowest BCUT2D eigenvalue weighted by Gasteiger charge is -2.22. The lowest BCUT2D eigenvalue weighted by atomic mass is 9.98. The summed E-state index contributed by atoms with van der Waals surface area (Å²) in [6, 6.07) is 1.85. The molecular formula is C27H42O6. The van der Waals surface area contributed by atoms with Gasteiger partial charge in [0.25, 0.3) is 0 Å². The molecule has 1 aromatic rings. The molecule has 33 heavy (non-hydrogen) atoms. The Hall–Kier alpha value is -2.37. The molecule has 0 aromatic heterocycles. The number of esters is 1. The van der Waals surface area contributed by atoms with Gasteiger partial charge in [-0.2, -0.15) is 0 Å². The molecule has 1 aliphatic rings. The van der Waals surface area contributed by atoms with E-state index in [2.05, 4.69) is 27.7 Å². The van der Waals surface area contributed by atoms with Crippen molar-refractivity contribution in [2.45, 2.75) is 91.6 Å². The van der Waals surface area contributed by atoms with Gasteiger partial charge in [0, 0.05) is 12.1 Å². The van der Waals surface area contributed by atoms with E-state index in [0.29, 0.717) is 55.0 Å². The molecule has 0 heterocycles. The van der Waals surface area contributed by atoms with Crippen LogP contribution in [0, 0.1) is 0 Å². The fourth-order valence-electron chi connectivity index (χ4n) is 3.64. The van der Waals surface area contributed by atoms with Gasteiger partial charge < -0.3 is 23.7 Å². The quantitative estimate of drug-likeness (QED) is 0.213. The van der Waals surface area contributed by atoms with Crippen LogP contribution in [-0.4, -0.2) is 38.5 Å². The number of rotatable bonds is 15. The van der Waals surface area contributed by atoms with E-state index in [4.69, 9.17) is 23.7 Å². The van der Waals surface area contributed by atoms with Crippen LogP contribution < -0.4 is 18.9 Å². The van der Waals surface area contributed by atoms with Crippen LogP contribution >= 0.6 is 0 Å². The average molecular weight is 463 g/mol. The van der Waals surface area contributed by atoms with E-state index in [1.54, 1.807) is 6.08 Å². The Labute approximate surface area is 199 Å². The number of carbonyl (C=O) groups excluding carboxylic acids is 1. The Balaban J connectivity index is 2.43. The van der Waals surface area contributed by atoms with E-state index in [9.17, 15) is 4.79 Å². The van der Waals surface area contributed by atoms with Crippen molar-refractivity contribution in [2.24, 2.45) is 0 Å². The molecule has 0 unspecified atom stereocenters. The summed E-state index contributed by atoms with van der Waals surface area (Å²) in [4.78, 5) is 12.6. The van der Waals surface area contributed by atoms with E-state index < -0.39 is 0 Å². The summed E-state index contributed by atoms with van der Waals surface area (Å²) in [7, 11) is 0. The molecule has 0 saturated heterocycles. The minimum Gasteiger partial charge on any atom is -0.493 e. The van der Waals surface area contributed by atoms with Crippen LogP contribution in [0.5, 0.6) is 23.0 Å². The van der Waals surface area contributed by atoms with Crippen molar-refractivity contribution in [2.75, 3.05) is 26.4 Å². The third kappa shape index (κ3) is 8.82. The van der Waals surface area contributed by atoms with Gasteiger partial charge in [0.2, 0.25) is 5.75 Å². The van der Waals surface area contributed by atoms with Crippen LogP contribution in [0.25, 0.3) is 6.08 Å². The lowest BCUT2D eigenvalue weighted by molar-refractivity contribution is -0.144. The van der Waals surface area contributed by atoms with Crippen LogP contribution in [0.2, 0.25) is 0 Å². The van der Waals surface area contributed by atoms with Crippen LogP contribution in [0.15, 0.2) is 12.1 Å². The Morgan fingerprint density at radius 1 is 0.788 bits per heavy atom. The van der Waals surface area contributed by atoms with E-state index in [0.717, 1.165) is 51.4 Å². The lowest BCUT2D eigenvalue weighted by Crippen LogP contribution is -2.19. The highest BCUT2D eigenvalue weighted by Gasteiger charge is 2.23. The van der Waals surface area contributed by atoms with Gasteiger partial charge in [-0.05, 0) is 57.4 Å². The fourth-order valence-corrected chi connectivity index (χ4v) is 3.64. The molecule has 0 radical (unpaired) electrons. The SMILES string of the molecule is CCCOc1cc(OCCC)c(OCCC)c(OCCC)c1C=CC(=O)OC1CCCCC1. The molecule has 0 spiro atoms. The Morgan fingerprint density at radius 3 is 1.94 bits per heavy atom. The Morgan fingerprint density at radius 2 is 1.33 bits per heavy atom. The number of ether oxygens (including phenoxy) is 5. The van der Waals surface area contributed by atoms with Crippen LogP contribution in [-0.2, 0) is 9.53 Å². The minimum absolute atomic E-state index is 0.00999. The zero-order valence-electron chi connectivity index (χ0n) is 21.0. The second kappa shape index (κ2) is 15.5. The molecule has 1 saturated carbocycles. The van der Waals surface area contributed by atoms with Crippen molar-refractivity contribution >= 4 is 12.0 Å². The van der Waals surface area contributed by atoms with Gasteiger partial charge in [-0.25, -0.2) is 4.79 Å². The van der Waals surface area contributed by atoms with Gasteiger partial charge in [0.1, 0.15) is 11.9 Å². The second-order valence-corrected chi connectivity index (χ2v) is 8.37. The number of hydrogen-bond donors (Lipinski definition) is 0. The van der Waals surface area contributed by atoms with Crippen molar-refractivity contribution in [3.63, 3.8) is 0 Å². The van der Waals surface area contributed by atoms with Gasteiger partial charge >= 0.3 is 5.97 Å². The largest absolute Gasteiger partial charge is 0.493 e. The average Bonchev–Trinajstić information content (AvgIpc) is 2.83. The first-order valence-electron chi connectivity index (χ1n) is 12.7. The summed E-state index contributed by atoms with van der Waals surface area (Å²) >= 11 is 0. The topological polar surface area (TPSA) is 63.2 Å². The van der Waals surface area contributed by atoms with Crippen LogP contribution in [0.1, 0.15) is 91.0 Å². The van der Waals surface area contributed by atoms with E-state index in [-0.39, 0.29) is 12.1 Å². The van der Waals surface area contributed by atoms with Crippen molar-refractivity contribution < 1.29 is 28.5 Å². The molecule has 1 aliphatic carbocycles. The highest BCUT2D eigenvalue weighted by molar-refractivity contribution is 5.89. The van der Waals surface area contributed by atoms with E-state index >= 15 is 0 Å². The maximum atomic E-state index is 12.6. The van der Waals surface area contributed by atoms with Gasteiger partial charge in [-0.1, -0.05) is 34.1 Å². The Bertz CT molecular complexity index is 737. The molecule has 0 atom stereocenters. The second-order valence-electron chi connectivity index (χ2n) is 8.37. The summed E-state index contributed by atoms with van der Waals surface area (Å²) < 4.78 is 30.0. The van der Waals surface area contributed by atoms with Crippen molar-refractivity contribution in [3.8, 4) is 23.0 Å².